The van der Waals surface area contributed by atoms with Crippen LogP contribution < -0.4 is 5.73 Å². The molecule has 0 aromatic carbocycles. The van der Waals surface area contributed by atoms with Gasteiger partial charge in [0.2, 0.25) is 5.91 Å². The normalized spacial score (nSPS) is 21.0. The number of nitrogens with zero attached hydrogens (tertiary/aromatic N) is 1. The van der Waals surface area contributed by atoms with Gasteiger partial charge in [-0.15, -0.1) is 0 Å². The summed E-state index contributed by atoms with van der Waals surface area (Å²) in [6.07, 6.45) is 3.97. The summed E-state index contributed by atoms with van der Waals surface area (Å²) < 4.78 is 0. The van der Waals surface area contributed by atoms with Gasteiger partial charge in [-0.05, 0) is 31.7 Å². The molecule has 1 saturated heterocycles. The highest BCUT2D eigenvalue weighted by atomic mass is 16.4. The highest BCUT2D eigenvalue weighted by Crippen LogP contribution is 2.20. The number of aliphatic carboxylic acids is 1. The molecule has 0 spiro atoms. The number of amides is 1. The molecule has 2 unspecified atom stereocenters. The van der Waals surface area contributed by atoms with Gasteiger partial charge in [-0.1, -0.05) is 13.3 Å². The summed E-state index contributed by atoms with van der Waals surface area (Å²) in [6.45, 7) is 3.74. The SMILES string of the molecule is CCC(CCN)CCC(=O)N1CCC(C(=O)O)C1. The van der Waals surface area contributed by atoms with Crippen molar-refractivity contribution >= 4 is 11.9 Å². The average Bonchev–Trinajstić information content (AvgIpc) is 2.83. The first-order valence-electron chi connectivity index (χ1n) is 6.79. The van der Waals surface area contributed by atoms with Crippen LogP contribution in [0.4, 0.5) is 0 Å². The van der Waals surface area contributed by atoms with Gasteiger partial charge in [0.15, 0.2) is 0 Å². The number of nitrogens with two attached hydrogens (primary N) is 1. The second-order valence-electron chi connectivity index (χ2n) is 5.05. The molecule has 104 valence electrons. The number of rotatable bonds is 7. The first-order chi connectivity index (χ1) is 8.58. The van der Waals surface area contributed by atoms with Crippen molar-refractivity contribution in [3.8, 4) is 0 Å². The Hall–Kier alpha value is -1.10. The van der Waals surface area contributed by atoms with Gasteiger partial charge in [0, 0.05) is 19.5 Å². The van der Waals surface area contributed by atoms with E-state index in [0.717, 1.165) is 19.3 Å². The molecule has 5 nitrogen and oxygen atoms in total. The minimum atomic E-state index is -0.792. The molecular formula is C13H24N2O3. The Bertz CT molecular complexity index is 294. The molecule has 5 heteroatoms. The van der Waals surface area contributed by atoms with Gasteiger partial charge in [-0.25, -0.2) is 0 Å². The summed E-state index contributed by atoms with van der Waals surface area (Å²) >= 11 is 0. The first kappa shape index (κ1) is 15.0. The molecule has 1 amide bonds. The van der Waals surface area contributed by atoms with Crippen LogP contribution in [-0.4, -0.2) is 41.5 Å². The first-order valence-corrected chi connectivity index (χ1v) is 6.79. The summed E-state index contributed by atoms with van der Waals surface area (Å²) in [6, 6.07) is 0. The predicted octanol–water partition coefficient (Wildman–Crippen LogP) is 1.07. The fourth-order valence-corrected chi connectivity index (χ4v) is 2.46. The van der Waals surface area contributed by atoms with Crippen LogP contribution in [0.25, 0.3) is 0 Å². The van der Waals surface area contributed by atoms with Gasteiger partial charge in [0.05, 0.1) is 5.92 Å². The van der Waals surface area contributed by atoms with Gasteiger partial charge in [-0.2, -0.15) is 0 Å². The maximum absolute atomic E-state index is 11.9. The molecular weight excluding hydrogens is 232 g/mol. The fraction of sp³-hybridized carbons (Fsp3) is 0.846. The second-order valence-corrected chi connectivity index (χ2v) is 5.05. The maximum Gasteiger partial charge on any atom is 0.308 e. The van der Waals surface area contributed by atoms with Crippen LogP contribution in [0.3, 0.4) is 0 Å². The van der Waals surface area contributed by atoms with Crippen LogP contribution in [0.2, 0.25) is 0 Å². The molecule has 0 aromatic heterocycles. The van der Waals surface area contributed by atoms with Crippen molar-refractivity contribution < 1.29 is 14.7 Å². The fourth-order valence-electron chi connectivity index (χ4n) is 2.46. The lowest BCUT2D eigenvalue weighted by Gasteiger charge is -2.18. The van der Waals surface area contributed by atoms with E-state index in [4.69, 9.17) is 10.8 Å². The quantitative estimate of drug-likeness (QED) is 0.714. The van der Waals surface area contributed by atoms with E-state index in [1.165, 1.54) is 0 Å². The molecule has 3 N–H and O–H groups in total. The molecule has 1 aliphatic rings. The zero-order chi connectivity index (χ0) is 13.5. The minimum absolute atomic E-state index is 0.0919. The molecule has 2 atom stereocenters. The topological polar surface area (TPSA) is 83.6 Å². The molecule has 0 bridgehead atoms. The zero-order valence-electron chi connectivity index (χ0n) is 11.1. The number of hydrogen-bond donors (Lipinski definition) is 2. The summed E-state index contributed by atoms with van der Waals surface area (Å²) in [5, 5.41) is 8.89. The summed E-state index contributed by atoms with van der Waals surface area (Å²) in [4.78, 5) is 24.4. The summed E-state index contributed by atoms with van der Waals surface area (Å²) in [5.41, 5.74) is 5.52. The standard InChI is InChI=1S/C13H24N2O3/c1-2-10(5-7-14)3-4-12(16)15-8-6-11(9-15)13(17)18/h10-11H,2-9,14H2,1H3,(H,17,18). The molecule has 1 fully saturated rings. The van der Waals surface area contributed by atoms with E-state index < -0.39 is 5.97 Å². The Kier molecular flexibility index (Phi) is 6.12. The minimum Gasteiger partial charge on any atom is -0.481 e. The third-order valence-corrected chi connectivity index (χ3v) is 3.81. The van der Waals surface area contributed by atoms with E-state index in [2.05, 4.69) is 6.92 Å². The van der Waals surface area contributed by atoms with E-state index in [0.29, 0.717) is 38.4 Å². The van der Waals surface area contributed by atoms with Gasteiger partial charge in [-0.3, -0.25) is 9.59 Å². The molecule has 0 aromatic rings. The second kappa shape index (κ2) is 7.36. The molecule has 0 aliphatic carbocycles. The Labute approximate surface area is 108 Å². The number of carbonyl (C=O) groups excluding carboxylic acids is 1. The molecule has 1 rings (SSSR count). The molecule has 1 aliphatic heterocycles. The number of carboxylic acids is 1. The van der Waals surface area contributed by atoms with Crippen molar-refractivity contribution in [3.63, 3.8) is 0 Å². The lowest BCUT2D eigenvalue weighted by Crippen LogP contribution is -2.30. The van der Waals surface area contributed by atoms with E-state index in [9.17, 15) is 9.59 Å². The van der Waals surface area contributed by atoms with Crippen molar-refractivity contribution in [2.24, 2.45) is 17.6 Å². The largest absolute Gasteiger partial charge is 0.481 e. The van der Waals surface area contributed by atoms with Crippen molar-refractivity contribution in [2.75, 3.05) is 19.6 Å². The van der Waals surface area contributed by atoms with Crippen LogP contribution in [0, 0.1) is 11.8 Å². The third-order valence-electron chi connectivity index (χ3n) is 3.81. The van der Waals surface area contributed by atoms with E-state index >= 15 is 0 Å². The highest BCUT2D eigenvalue weighted by Gasteiger charge is 2.30. The van der Waals surface area contributed by atoms with Gasteiger partial charge < -0.3 is 15.7 Å². The number of carboxylic acid groups (broad SMARTS) is 1. The zero-order valence-corrected chi connectivity index (χ0v) is 11.1. The monoisotopic (exact) mass is 256 g/mol. The van der Waals surface area contributed by atoms with Crippen LogP contribution in [0.15, 0.2) is 0 Å². The number of hydrogen-bond acceptors (Lipinski definition) is 3. The van der Waals surface area contributed by atoms with Crippen LogP contribution in [-0.2, 0) is 9.59 Å². The highest BCUT2D eigenvalue weighted by molar-refractivity contribution is 5.78. The summed E-state index contributed by atoms with van der Waals surface area (Å²) in [5.74, 6) is -0.564. The average molecular weight is 256 g/mol. The maximum atomic E-state index is 11.9. The Balaban J connectivity index is 2.31. The van der Waals surface area contributed by atoms with Crippen LogP contribution in [0.5, 0.6) is 0 Å². The van der Waals surface area contributed by atoms with Gasteiger partial charge in [0.25, 0.3) is 0 Å². The third kappa shape index (κ3) is 4.29. The van der Waals surface area contributed by atoms with Crippen molar-refractivity contribution in [2.45, 2.75) is 39.0 Å². The Morgan fingerprint density at radius 2 is 2.17 bits per heavy atom. The lowest BCUT2D eigenvalue weighted by molar-refractivity contribution is -0.141. The molecule has 0 saturated carbocycles. The summed E-state index contributed by atoms with van der Waals surface area (Å²) in [7, 11) is 0. The van der Waals surface area contributed by atoms with Crippen LogP contribution >= 0.6 is 0 Å². The van der Waals surface area contributed by atoms with Crippen molar-refractivity contribution in [1.29, 1.82) is 0 Å². The van der Waals surface area contributed by atoms with Gasteiger partial charge in [0.1, 0.15) is 0 Å². The number of likely N-dealkylation sites (tertiary alicyclic amines) is 1. The molecule has 1 heterocycles. The predicted molar refractivity (Wildman–Crippen MR) is 69.0 cm³/mol. The van der Waals surface area contributed by atoms with Crippen molar-refractivity contribution in [1.82, 2.24) is 4.90 Å². The van der Waals surface area contributed by atoms with Crippen molar-refractivity contribution in [3.05, 3.63) is 0 Å². The molecule has 18 heavy (non-hydrogen) atoms. The lowest BCUT2D eigenvalue weighted by atomic mass is 9.96. The van der Waals surface area contributed by atoms with Crippen LogP contribution in [0.1, 0.15) is 39.0 Å². The van der Waals surface area contributed by atoms with E-state index in [1.54, 1.807) is 4.90 Å². The molecule has 0 radical (unpaired) electrons. The smallest absolute Gasteiger partial charge is 0.308 e. The Morgan fingerprint density at radius 3 is 2.67 bits per heavy atom. The van der Waals surface area contributed by atoms with Gasteiger partial charge >= 0.3 is 5.97 Å². The van der Waals surface area contributed by atoms with E-state index in [-0.39, 0.29) is 11.8 Å². The number of carbonyl (C=O) groups is 2. The van der Waals surface area contributed by atoms with E-state index in [1.807, 2.05) is 0 Å². The Morgan fingerprint density at radius 1 is 1.44 bits per heavy atom.